The lowest BCUT2D eigenvalue weighted by atomic mass is 10.2. The van der Waals surface area contributed by atoms with Crippen molar-refractivity contribution in [2.24, 2.45) is 0 Å². The van der Waals surface area contributed by atoms with Crippen molar-refractivity contribution in [1.29, 1.82) is 0 Å². The first-order chi connectivity index (χ1) is 8.08. The summed E-state index contributed by atoms with van der Waals surface area (Å²) < 4.78 is 1.37. The molecule has 0 aromatic heterocycles. The van der Waals surface area contributed by atoms with Crippen molar-refractivity contribution >= 4 is 28.3 Å². The van der Waals surface area contributed by atoms with E-state index in [0.717, 1.165) is 13.1 Å². The molecule has 1 aromatic rings. The fourth-order valence-corrected chi connectivity index (χ4v) is 2.77. The highest BCUT2D eigenvalue weighted by Gasteiger charge is 2.19. The standard InChI is InChI=1S/C14H21IN2/c1-11(2)16-6-8-17(9-7-16)13-5-4-12(3)14(15)10-13/h4-5,10-11H,6-9H2,1-3H3. The van der Waals surface area contributed by atoms with E-state index in [1.54, 1.807) is 0 Å². The van der Waals surface area contributed by atoms with Gasteiger partial charge in [0.1, 0.15) is 0 Å². The SMILES string of the molecule is Cc1ccc(N2CCN(C(C)C)CC2)cc1I. The van der Waals surface area contributed by atoms with Gasteiger partial charge in [0, 0.05) is 41.5 Å². The van der Waals surface area contributed by atoms with E-state index in [0.29, 0.717) is 6.04 Å². The number of halogens is 1. The number of piperazine rings is 1. The minimum Gasteiger partial charge on any atom is -0.369 e. The second-order valence-electron chi connectivity index (χ2n) is 5.05. The number of benzene rings is 1. The van der Waals surface area contributed by atoms with E-state index >= 15 is 0 Å². The zero-order valence-corrected chi connectivity index (χ0v) is 13.1. The van der Waals surface area contributed by atoms with Crippen LogP contribution in [0.2, 0.25) is 0 Å². The van der Waals surface area contributed by atoms with Crippen LogP contribution >= 0.6 is 22.6 Å². The molecule has 0 bridgehead atoms. The highest BCUT2D eigenvalue weighted by Crippen LogP contribution is 2.22. The molecule has 1 heterocycles. The van der Waals surface area contributed by atoms with Gasteiger partial charge in [0.25, 0.3) is 0 Å². The summed E-state index contributed by atoms with van der Waals surface area (Å²) in [4.78, 5) is 5.05. The van der Waals surface area contributed by atoms with E-state index in [1.807, 2.05) is 0 Å². The summed E-state index contributed by atoms with van der Waals surface area (Å²) in [7, 11) is 0. The van der Waals surface area contributed by atoms with Crippen LogP contribution in [-0.2, 0) is 0 Å². The van der Waals surface area contributed by atoms with Crippen LogP contribution < -0.4 is 4.90 Å². The lowest BCUT2D eigenvalue weighted by Crippen LogP contribution is -2.48. The Morgan fingerprint density at radius 1 is 1.12 bits per heavy atom. The van der Waals surface area contributed by atoms with Crippen molar-refractivity contribution in [1.82, 2.24) is 4.90 Å². The predicted molar refractivity (Wildman–Crippen MR) is 82.8 cm³/mol. The Kier molecular flexibility index (Phi) is 4.31. The Morgan fingerprint density at radius 2 is 1.76 bits per heavy atom. The third-order valence-corrected chi connectivity index (χ3v) is 4.73. The fourth-order valence-electron chi connectivity index (χ4n) is 2.27. The van der Waals surface area contributed by atoms with Gasteiger partial charge in [-0.1, -0.05) is 6.07 Å². The molecule has 94 valence electrons. The van der Waals surface area contributed by atoms with Gasteiger partial charge < -0.3 is 4.90 Å². The Labute approximate surface area is 118 Å². The number of anilines is 1. The molecular weight excluding hydrogens is 323 g/mol. The van der Waals surface area contributed by atoms with Gasteiger partial charge in [0.05, 0.1) is 0 Å². The first kappa shape index (κ1) is 13.1. The van der Waals surface area contributed by atoms with Crippen molar-refractivity contribution in [3.63, 3.8) is 0 Å². The zero-order valence-electron chi connectivity index (χ0n) is 10.9. The maximum Gasteiger partial charge on any atom is 0.0377 e. The van der Waals surface area contributed by atoms with Gasteiger partial charge in [0.2, 0.25) is 0 Å². The summed E-state index contributed by atoms with van der Waals surface area (Å²) in [5.74, 6) is 0. The van der Waals surface area contributed by atoms with Gasteiger partial charge in [-0.15, -0.1) is 0 Å². The van der Waals surface area contributed by atoms with Crippen LogP contribution in [0.25, 0.3) is 0 Å². The lowest BCUT2D eigenvalue weighted by Gasteiger charge is -2.38. The quantitative estimate of drug-likeness (QED) is 0.761. The van der Waals surface area contributed by atoms with Gasteiger partial charge in [-0.05, 0) is 61.1 Å². The van der Waals surface area contributed by atoms with Crippen LogP contribution in [0, 0.1) is 10.5 Å². The molecule has 1 aliphatic rings. The van der Waals surface area contributed by atoms with E-state index < -0.39 is 0 Å². The number of rotatable bonds is 2. The summed E-state index contributed by atoms with van der Waals surface area (Å²) in [5.41, 5.74) is 2.75. The molecule has 0 spiro atoms. The van der Waals surface area contributed by atoms with E-state index in [1.165, 1.54) is 27.9 Å². The molecule has 2 rings (SSSR count). The maximum absolute atomic E-state index is 2.55. The molecule has 2 nitrogen and oxygen atoms in total. The van der Waals surface area contributed by atoms with Crippen molar-refractivity contribution in [2.45, 2.75) is 26.8 Å². The predicted octanol–water partition coefficient (Wildman–Crippen LogP) is 3.13. The van der Waals surface area contributed by atoms with Crippen LogP contribution in [0.5, 0.6) is 0 Å². The third-order valence-electron chi connectivity index (χ3n) is 3.57. The smallest absolute Gasteiger partial charge is 0.0377 e. The molecule has 0 atom stereocenters. The normalized spacial score (nSPS) is 17.8. The first-order valence-electron chi connectivity index (χ1n) is 6.33. The number of nitrogens with zero attached hydrogens (tertiary/aromatic N) is 2. The molecule has 0 N–H and O–H groups in total. The van der Waals surface area contributed by atoms with Gasteiger partial charge in [-0.3, -0.25) is 4.90 Å². The monoisotopic (exact) mass is 344 g/mol. The van der Waals surface area contributed by atoms with E-state index in [-0.39, 0.29) is 0 Å². The molecule has 1 aromatic carbocycles. The average Bonchev–Trinajstić information content (AvgIpc) is 2.33. The summed E-state index contributed by atoms with van der Waals surface area (Å²) in [6.07, 6.45) is 0. The molecule has 0 aliphatic carbocycles. The van der Waals surface area contributed by atoms with Crippen LogP contribution in [0.4, 0.5) is 5.69 Å². The highest BCUT2D eigenvalue weighted by molar-refractivity contribution is 14.1. The van der Waals surface area contributed by atoms with Gasteiger partial charge >= 0.3 is 0 Å². The maximum atomic E-state index is 2.55. The first-order valence-corrected chi connectivity index (χ1v) is 7.41. The van der Waals surface area contributed by atoms with Crippen molar-refractivity contribution in [3.8, 4) is 0 Å². The Bertz CT molecular complexity index is 382. The minimum atomic E-state index is 0.676. The second-order valence-corrected chi connectivity index (χ2v) is 6.21. The topological polar surface area (TPSA) is 6.48 Å². The fraction of sp³-hybridized carbons (Fsp3) is 0.571. The summed E-state index contributed by atoms with van der Waals surface area (Å²) in [6.45, 7) is 11.4. The van der Waals surface area contributed by atoms with E-state index in [4.69, 9.17) is 0 Å². The highest BCUT2D eigenvalue weighted by atomic mass is 127. The molecule has 0 radical (unpaired) electrons. The van der Waals surface area contributed by atoms with Crippen LogP contribution in [0.3, 0.4) is 0 Å². The minimum absolute atomic E-state index is 0.676. The lowest BCUT2D eigenvalue weighted by molar-refractivity contribution is 0.209. The zero-order chi connectivity index (χ0) is 12.4. The Hall–Kier alpha value is -0.290. The summed E-state index contributed by atoms with van der Waals surface area (Å²) in [6, 6.07) is 7.46. The van der Waals surface area contributed by atoms with Crippen molar-refractivity contribution in [3.05, 3.63) is 27.3 Å². The van der Waals surface area contributed by atoms with Crippen molar-refractivity contribution in [2.75, 3.05) is 31.1 Å². The molecule has 3 heteroatoms. The largest absolute Gasteiger partial charge is 0.369 e. The van der Waals surface area contributed by atoms with E-state index in [2.05, 4.69) is 71.4 Å². The third kappa shape index (κ3) is 3.13. The number of hydrogen-bond acceptors (Lipinski definition) is 2. The molecular formula is C14H21IN2. The molecule has 0 saturated carbocycles. The van der Waals surface area contributed by atoms with Crippen molar-refractivity contribution < 1.29 is 0 Å². The van der Waals surface area contributed by atoms with Gasteiger partial charge in [0.15, 0.2) is 0 Å². The summed E-state index contributed by atoms with van der Waals surface area (Å²) in [5, 5.41) is 0. The molecule has 0 unspecified atom stereocenters. The Morgan fingerprint density at radius 3 is 2.29 bits per heavy atom. The van der Waals surface area contributed by atoms with Gasteiger partial charge in [-0.2, -0.15) is 0 Å². The molecule has 0 amide bonds. The number of aryl methyl sites for hydroxylation is 1. The molecule has 1 saturated heterocycles. The van der Waals surface area contributed by atoms with Crippen LogP contribution in [0.15, 0.2) is 18.2 Å². The van der Waals surface area contributed by atoms with Gasteiger partial charge in [-0.25, -0.2) is 0 Å². The van der Waals surface area contributed by atoms with Crippen LogP contribution in [-0.4, -0.2) is 37.1 Å². The molecule has 1 fully saturated rings. The average molecular weight is 344 g/mol. The number of hydrogen-bond donors (Lipinski definition) is 0. The second kappa shape index (κ2) is 5.57. The van der Waals surface area contributed by atoms with Crippen LogP contribution in [0.1, 0.15) is 19.4 Å². The summed E-state index contributed by atoms with van der Waals surface area (Å²) >= 11 is 2.42. The van der Waals surface area contributed by atoms with E-state index in [9.17, 15) is 0 Å². The molecule has 17 heavy (non-hydrogen) atoms. The Balaban J connectivity index is 2.03. The molecule has 1 aliphatic heterocycles.